The largest absolute Gasteiger partial charge is 0.454 e. The van der Waals surface area contributed by atoms with Crippen molar-refractivity contribution in [1.29, 1.82) is 5.41 Å². The van der Waals surface area contributed by atoms with Gasteiger partial charge in [-0.1, -0.05) is 29.8 Å². The second-order valence-corrected chi connectivity index (χ2v) is 7.36. The maximum atomic E-state index is 12.5. The quantitative estimate of drug-likeness (QED) is 0.794. The monoisotopic (exact) mass is 390 g/mol. The summed E-state index contributed by atoms with van der Waals surface area (Å²) in [5.41, 5.74) is 2.99. The van der Waals surface area contributed by atoms with Crippen LogP contribution in [-0.4, -0.2) is 33.8 Å². The van der Waals surface area contributed by atoms with Gasteiger partial charge in [0.25, 0.3) is 5.91 Å². The van der Waals surface area contributed by atoms with Gasteiger partial charge in [0.05, 0.1) is 5.57 Å². The van der Waals surface area contributed by atoms with Crippen molar-refractivity contribution in [1.82, 2.24) is 5.01 Å². The number of amides is 1. The zero-order chi connectivity index (χ0) is 19.3. The number of carbonyl (C=O) groups is 1. The zero-order valence-corrected chi connectivity index (χ0v) is 15.6. The number of thioether (sulfide) groups is 1. The number of benzene rings is 2. The molecular formula is C20H14N4O3S. The lowest BCUT2D eigenvalue weighted by molar-refractivity contribution is -0.114. The van der Waals surface area contributed by atoms with Gasteiger partial charge in [0.2, 0.25) is 12.0 Å². The van der Waals surface area contributed by atoms with E-state index in [1.807, 2.05) is 49.4 Å². The highest BCUT2D eigenvalue weighted by molar-refractivity contribution is 8.27. The molecule has 1 N–H and O–H groups in total. The molecule has 0 spiro atoms. The molecule has 138 valence electrons. The Bertz CT molecular complexity index is 1120. The Morgan fingerprint density at radius 1 is 1.14 bits per heavy atom. The molecule has 0 radical (unpaired) electrons. The van der Waals surface area contributed by atoms with Gasteiger partial charge in [-0.25, -0.2) is 0 Å². The first-order valence-corrected chi connectivity index (χ1v) is 9.37. The molecule has 8 heteroatoms. The lowest BCUT2D eigenvalue weighted by Gasteiger charge is -2.20. The van der Waals surface area contributed by atoms with E-state index in [4.69, 9.17) is 14.9 Å². The second kappa shape index (κ2) is 6.35. The molecule has 5 rings (SSSR count). The van der Waals surface area contributed by atoms with Crippen molar-refractivity contribution in [2.45, 2.75) is 6.92 Å². The fourth-order valence-electron chi connectivity index (χ4n) is 2.97. The van der Waals surface area contributed by atoms with E-state index in [0.29, 0.717) is 21.7 Å². The number of hydrogen-bond donors (Lipinski definition) is 1. The number of aliphatic imine (C=N–C) groups is 1. The highest BCUT2D eigenvalue weighted by Crippen LogP contribution is 2.36. The van der Waals surface area contributed by atoms with Gasteiger partial charge in [0.1, 0.15) is 5.04 Å². The number of fused-ring (bicyclic) bond motifs is 2. The highest BCUT2D eigenvalue weighted by Gasteiger charge is 2.36. The summed E-state index contributed by atoms with van der Waals surface area (Å²) in [7, 11) is 0. The van der Waals surface area contributed by atoms with E-state index in [2.05, 4.69) is 10.1 Å². The Hall–Kier alpha value is -3.39. The molecule has 3 heterocycles. The normalized spacial score (nSPS) is 19.0. The first-order chi connectivity index (χ1) is 13.6. The summed E-state index contributed by atoms with van der Waals surface area (Å²) in [6, 6.07) is 13.2. The Kier molecular flexibility index (Phi) is 3.80. The van der Waals surface area contributed by atoms with Gasteiger partial charge in [0, 0.05) is 5.56 Å². The molecule has 0 unspecified atom stereocenters. The molecule has 3 aliphatic heterocycles. The van der Waals surface area contributed by atoms with Gasteiger partial charge in [-0.15, -0.1) is 0 Å². The number of aryl methyl sites for hydroxylation is 1. The lowest BCUT2D eigenvalue weighted by Crippen LogP contribution is -2.35. The Labute approximate surface area is 164 Å². The summed E-state index contributed by atoms with van der Waals surface area (Å²) in [5, 5.41) is 15.4. The first kappa shape index (κ1) is 16.8. The smallest absolute Gasteiger partial charge is 0.283 e. The summed E-state index contributed by atoms with van der Waals surface area (Å²) >= 11 is 1.25. The fraction of sp³-hybridized carbons (Fsp3) is 0.100. The molecule has 0 aliphatic carbocycles. The molecule has 2 aromatic carbocycles. The van der Waals surface area contributed by atoms with Crippen molar-refractivity contribution in [2.75, 3.05) is 6.79 Å². The predicted octanol–water partition coefficient (Wildman–Crippen LogP) is 3.39. The van der Waals surface area contributed by atoms with Crippen molar-refractivity contribution in [2.24, 2.45) is 10.1 Å². The van der Waals surface area contributed by atoms with Crippen molar-refractivity contribution in [3.05, 3.63) is 64.7 Å². The van der Waals surface area contributed by atoms with E-state index >= 15 is 0 Å². The molecule has 3 aliphatic rings. The first-order valence-electron chi connectivity index (χ1n) is 8.55. The van der Waals surface area contributed by atoms with Crippen LogP contribution in [0.5, 0.6) is 11.5 Å². The molecule has 1 amide bonds. The van der Waals surface area contributed by atoms with Gasteiger partial charge >= 0.3 is 0 Å². The molecule has 2 aromatic rings. The van der Waals surface area contributed by atoms with Crippen molar-refractivity contribution >= 4 is 39.8 Å². The summed E-state index contributed by atoms with van der Waals surface area (Å²) in [6.07, 6.45) is 1.67. The number of hydrogen-bond acceptors (Lipinski definition) is 6. The topological polar surface area (TPSA) is 87.3 Å². The van der Waals surface area contributed by atoms with Gasteiger partial charge in [0.15, 0.2) is 17.3 Å². The van der Waals surface area contributed by atoms with Crippen LogP contribution in [0, 0.1) is 12.3 Å². The third kappa shape index (κ3) is 2.78. The average molecular weight is 390 g/mol. The minimum absolute atomic E-state index is 0.0128. The fourth-order valence-corrected chi connectivity index (χ4v) is 3.86. The summed E-state index contributed by atoms with van der Waals surface area (Å²) in [4.78, 5) is 16.6. The molecule has 28 heavy (non-hydrogen) atoms. The number of carbonyl (C=O) groups excluding carboxylic acids is 1. The van der Waals surface area contributed by atoms with Crippen molar-refractivity contribution < 1.29 is 14.3 Å². The molecule has 0 atom stereocenters. The van der Waals surface area contributed by atoms with Crippen LogP contribution in [0.25, 0.3) is 6.08 Å². The van der Waals surface area contributed by atoms with Crippen LogP contribution in [-0.2, 0) is 4.79 Å². The van der Waals surface area contributed by atoms with Crippen LogP contribution in [0.1, 0.15) is 16.7 Å². The summed E-state index contributed by atoms with van der Waals surface area (Å²) in [6.45, 7) is 2.19. The summed E-state index contributed by atoms with van der Waals surface area (Å²) in [5.74, 6) is 0.914. The maximum absolute atomic E-state index is 12.5. The molecule has 0 fully saturated rings. The average Bonchev–Trinajstić information content (AvgIpc) is 3.32. The molecule has 7 nitrogen and oxygen atoms in total. The van der Waals surface area contributed by atoms with Gasteiger partial charge in [-0.3, -0.25) is 10.2 Å². The van der Waals surface area contributed by atoms with Gasteiger partial charge in [-0.2, -0.15) is 15.1 Å². The predicted molar refractivity (Wildman–Crippen MR) is 108 cm³/mol. The van der Waals surface area contributed by atoms with Gasteiger partial charge < -0.3 is 9.47 Å². The molecule has 0 saturated carbocycles. The Morgan fingerprint density at radius 3 is 2.75 bits per heavy atom. The number of rotatable bonds is 2. The molecule has 0 saturated heterocycles. The summed E-state index contributed by atoms with van der Waals surface area (Å²) < 4.78 is 10.7. The zero-order valence-electron chi connectivity index (χ0n) is 14.8. The number of hydrazone groups is 1. The lowest BCUT2D eigenvalue weighted by atomic mass is 10.1. The highest BCUT2D eigenvalue weighted by atomic mass is 32.2. The van der Waals surface area contributed by atoms with Crippen LogP contribution in [0.2, 0.25) is 0 Å². The van der Waals surface area contributed by atoms with Crippen LogP contribution in [0.15, 0.2) is 58.1 Å². The SMILES string of the molecule is Cc1ccc(C=C2C(=N)N3N=C(c4ccc5c(c4)OCO5)SC3=NC2=O)cc1. The van der Waals surface area contributed by atoms with E-state index in [1.165, 1.54) is 16.8 Å². The third-order valence-corrected chi connectivity index (χ3v) is 5.42. The van der Waals surface area contributed by atoms with Crippen LogP contribution < -0.4 is 9.47 Å². The van der Waals surface area contributed by atoms with Gasteiger partial charge in [-0.05, 0) is 48.5 Å². The Morgan fingerprint density at radius 2 is 1.93 bits per heavy atom. The van der Waals surface area contributed by atoms with Crippen LogP contribution >= 0.6 is 11.8 Å². The van der Waals surface area contributed by atoms with Crippen molar-refractivity contribution in [3.8, 4) is 11.5 Å². The van der Waals surface area contributed by atoms with Crippen molar-refractivity contribution in [3.63, 3.8) is 0 Å². The molecule has 0 aromatic heterocycles. The van der Waals surface area contributed by atoms with E-state index in [1.54, 1.807) is 6.08 Å². The minimum Gasteiger partial charge on any atom is -0.454 e. The van der Waals surface area contributed by atoms with Crippen LogP contribution in [0.4, 0.5) is 0 Å². The minimum atomic E-state index is -0.438. The second-order valence-electron chi connectivity index (χ2n) is 6.40. The number of amidine groups is 2. The van der Waals surface area contributed by atoms with E-state index < -0.39 is 5.91 Å². The van der Waals surface area contributed by atoms with E-state index in [9.17, 15) is 4.79 Å². The van der Waals surface area contributed by atoms with Crippen LogP contribution in [0.3, 0.4) is 0 Å². The molecular weight excluding hydrogens is 376 g/mol. The number of nitrogens with one attached hydrogen (secondary N) is 1. The Balaban J connectivity index is 1.48. The third-order valence-electron chi connectivity index (χ3n) is 4.46. The van der Waals surface area contributed by atoms with E-state index in [-0.39, 0.29) is 18.2 Å². The maximum Gasteiger partial charge on any atom is 0.283 e. The standard InChI is InChI=1S/C20H14N4O3S/c1-11-2-4-12(5-3-11)8-14-17(21)24-20(22-18(14)25)28-19(23-24)13-6-7-15-16(9-13)27-10-26-15/h2-9,21H,10H2,1H3. The van der Waals surface area contributed by atoms with E-state index in [0.717, 1.165) is 16.7 Å². The number of nitrogens with zero attached hydrogens (tertiary/aromatic N) is 3. The molecule has 0 bridgehead atoms. The number of ether oxygens (including phenoxy) is 2.